The zero-order valence-corrected chi connectivity index (χ0v) is 10.1. The Morgan fingerprint density at radius 2 is 2.10 bits per heavy atom. The molecule has 7 heteroatoms. The van der Waals surface area contributed by atoms with Gasteiger partial charge in [-0.3, -0.25) is 4.79 Å². The summed E-state index contributed by atoms with van der Waals surface area (Å²) >= 11 is 0. The molecule has 0 amide bonds. The van der Waals surface area contributed by atoms with E-state index in [1.807, 2.05) is 0 Å². The molecule has 4 aromatic rings. The molecule has 0 saturated carbocycles. The number of fused-ring (bicyclic) bond motifs is 2. The van der Waals surface area contributed by atoms with E-state index in [0.717, 1.165) is 0 Å². The normalized spacial score (nSPS) is 11.2. The highest BCUT2D eigenvalue weighted by Crippen LogP contribution is 2.21. The van der Waals surface area contributed by atoms with E-state index in [0.29, 0.717) is 33.5 Å². The van der Waals surface area contributed by atoms with Crippen LogP contribution in [0.5, 0.6) is 0 Å². The summed E-state index contributed by atoms with van der Waals surface area (Å²) in [7, 11) is 0. The van der Waals surface area contributed by atoms with Gasteiger partial charge in [0.15, 0.2) is 0 Å². The predicted molar refractivity (Wildman–Crippen MR) is 71.0 cm³/mol. The number of hydrogen-bond acceptors (Lipinski definition) is 6. The van der Waals surface area contributed by atoms with Crippen molar-refractivity contribution < 1.29 is 4.42 Å². The minimum absolute atomic E-state index is 0.125. The van der Waals surface area contributed by atoms with E-state index in [9.17, 15) is 4.79 Å². The topological polar surface area (TPSA) is 97.6 Å². The van der Waals surface area contributed by atoms with Crippen LogP contribution in [0.25, 0.3) is 33.5 Å². The summed E-state index contributed by atoms with van der Waals surface area (Å²) in [4.78, 5) is 16.5. The number of hydrogen-bond donors (Lipinski definition) is 1. The van der Waals surface area contributed by atoms with Crippen LogP contribution >= 0.6 is 0 Å². The monoisotopic (exact) mass is 265 g/mol. The highest BCUT2D eigenvalue weighted by Gasteiger charge is 2.10. The lowest BCUT2D eigenvalue weighted by Crippen LogP contribution is -2.03. The van der Waals surface area contributed by atoms with E-state index in [4.69, 9.17) is 4.42 Å². The van der Waals surface area contributed by atoms with E-state index in [1.165, 1.54) is 0 Å². The van der Waals surface area contributed by atoms with Crippen LogP contribution in [0, 0.1) is 0 Å². The summed E-state index contributed by atoms with van der Waals surface area (Å²) in [6, 6.07) is 8.56. The molecule has 0 unspecified atom stereocenters. The summed E-state index contributed by atoms with van der Waals surface area (Å²) in [5.74, 6) is 0.428. The zero-order valence-electron chi connectivity index (χ0n) is 10.1. The molecular weight excluding hydrogens is 258 g/mol. The van der Waals surface area contributed by atoms with Gasteiger partial charge in [0.25, 0.3) is 0 Å². The molecule has 0 aliphatic rings. The summed E-state index contributed by atoms with van der Waals surface area (Å²) in [6.45, 7) is 0. The van der Waals surface area contributed by atoms with Crippen LogP contribution < -0.4 is 5.43 Å². The Bertz CT molecular complexity index is 975. The van der Waals surface area contributed by atoms with Gasteiger partial charge in [0.05, 0.1) is 10.8 Å². The fraction of sp³-hybridized carbons (Fsp3) is 0. The van der Waals surface area contributed by atoms with Gasteiger partial charge in [-0.2, -0.15) is 5.21 Å². The summed E-state index contributed by atoms with van der Waals surface area (Å²) in [6.07, 6.45) is 1.59. The molecule has 4 rings (SSSR count). The third-order valence-electron chi connectivity index (χ3n) is 3.05. The molecule has 0 spiro atoms. The smallest absolute Gasteiger partial charge is 0.230 e. The molecule has 0 bridgehead atoms. The van der Waals surface area contributed by atoms with Crippen molar-refractivity contribution in [1.82, 2.24) is 25.6 Å². The first-order valence-electron chi connectivity index (χ1n) is 5.88. The standard InChI is InChI=1S/C13H7N5O2/c19-11-8-2-1-5-14-13(8)20-10-4-3-7(6-9(10)11)12-15-17-18-16-12/h1-6H,(H,15,16,17,18). The van der Waals surface area contributed by atoms with Gasteiger partial charge in [-0.05, 0) is 35.5 Å². The number of nitrogens with one attached hydrogen (secondary N) is 1. The third-order valence-corrected chi connectivity index (χ3v) is 3.05. The van der Waals surface area contributed by atoms with Crippen molar-refractivity contribution in [1.29, 1.82) is 0 Å². The lowest BCUT2D eigenvalue weighted by Gasteiger charge is -2.01. The van der Waals surface area contributed by atoms with E-state index in [1.54, 1.807) is 36.5 Å². The molecule has 1 N–H and O–H groups in total. The fourth-order valence-corrected chi connectivity index (χ4v) is 2.11. The van der Waals surface area contributed by atoms with Gasteiger partial charge in [0.1, 0.15) is 5.58 Å². The molecule has 96 valence electrons. The number of benzene rings is 1. The van der Waals surface area contributed by atoms with Crippen LogP contribution in [0.3, 0.4) is 0 Å². The van der Waals surface area contributed by atoms with Crippen molar-refractivity contribution in [2.45, 2.75) is 0 Å². The zero-order chi connectivity index (χ0) is 13.5. The molecule has 1 aromatic carbocycles. The molecule has 0 aliphatic carbocycles. The minimum atomic E-state index is -0.125. The second-order valence-corrected chi connectivity index (χ2v) is 4.23. The van der Waals surface area contributed by atoms with E-state index in [2.05, 4.69) is 25.6 Å². The second kappa shape index (κ2) is 3.95. The molecule has 0 atom stereocenters. The number of aromatic amines is 1. The fourth-order valence-electron chi connectivity index (χ4n) is 2.11. The largest absolute Gasteiger partial charge is 0.437 e. The van der Waals surface area contributed by atoms with Crippen molar-refractivity contribution in [3.63, 3.8) is 0 Å². The average molecular weight is 265 g/mol. The Morgan fingerprint density at radius 3 is 2.95 bits per heavy atom. The van der Waals surface area contributed by atoms with Gasteiger partial charge in [-0.25, -0.2) is 4.98 Å². The molecule has 0 saturated heterocycles. The molecule has 0 radical (unpaired) electrons. The van der Waals surface area contributed by atoms with Gasteiger partial charge in [0.2, 0.25) is 17.0 Å². The highest BCUT2D eigenvalue weighted by molar-refractivity contribution is 5.90. The van der Waals surface area contributed by atoms with Gasteiger partial charge < -0.3 is 4.42 Å². The molecule has 20 heavy (non-hydrogen) atoms. The van der Waals surface area contributed by atoms with Gasteiger partial charge in [-0.1, -0.05) is 0 Å². The third kappa shape index (κ3) is 1.50. The number of aromatic nitrogens is 5. The Labute approximate surface area is 111 Å². The Kier molecular flexibility index (Phi) is 2.13. The van der Waals surface area contributed by atoms with Crippen molar-refractivity contribution in [3.05, 3.63) is 46.8 Å². The maximum atomic E-state index is 12.4. The maximum absolute atomic E-state index is 12.4. The lowest BCUT2D eigenvalue weighted by molar-refractivity contribution is 0.645. The second-order valence-electron chi connectivity index (χ2n) is 4.23. The van der Waals surface area contributed by atoms with Crippen LogP contribution in [0.1, 0.15) is 0 Å². The van der Waals surface area contributed by atoms with Crippen LogP contribution in [0.15, 0.2) is 45.7 Å². The number of rotatable bonds is 1. The van der Waals surface area contributed by atoms with Crippen LogP contribution in [0.4, 0.5) is 0 Å². The minimum Gasteiger partial charge on any atom is -0.437 e. The Balaban J connectivity index is 2.10. The Hall–Kier alpha value is -3.09. The number of H-pyrrole nitrogens is 1. The van der Waals surface area contributed by atoms with Crippen molar-refractivity contribution >= 4 is 22.1 Å². The van der Waals surface area contributed by atoms with Crippen LogP contribution in [-0.2, 0) is 0 Å². The molecule has 7 nitrogen and oxygen atoms in total. The van der Waals surface area contributed by atoms with Gasteiger partial charge in [0, 0.05) is 11.8 Å². The Morgan fingerprint density at radius 1 is 1.15 bits per heavy atom. The lowest BCUT2D eigenvalue weighted by atomic mass is 10.1. The average Bonchev–Trinajstić information content (AvgIpc) is 3.02. The van der Waals surface area contributed by atoms with E-state index in [-0.39, 0.29) is 5.43 Å². The molecule has 0 fully saturated rings. The number of pyridine rings is 1. The maximum Gasteiger partial charge on any atom is 0.230 e. The number of tetrazole rings is 1. The quantitative estimate of drug-likeness (QED) is 0.524. The van der Waals surface area contributed by atoms with Crippen LogP contribution in [0.2, 0.25) is 0 Å². The first-order chi connectivity index (χ1) is 9.83. The number of nitrogens with zero attached hydrogens (tertiary/aromatic N) is 4. The van der Waals surface area contributed by atoms with E-state index < -0.39 is 0 Å². The van der Waals surface area contributed by atoms with Gasteiger partial charge in [-0.15, -0.1) is 10.2 Å². The van der Waals surface area contributed by atoms with Gasteiger partial charge >= 0.3 is 0 Å². The van der Waals surface area contributed by atoms with Crippen molar-refractivity contribution in [2.24, 2.45) is 0 Å². The van der Waals surface area contributed by atoms with Crippen molar-refractivity contribution in [2.75, 3.05) is 0 Å². The first-order valence-corrected chi connectivity index (χ1v) is 5.88. The summed E-state index contributed by atoms with van der Waals surface area (Å²) < 4.78 is 5.62. The summed E-state index contributed by atoms with van der Waals surface area (Å²) in [5, 5.41) is 14.6. The predicted octanol–water partition coefficient (Wildman–Crippen LogP) is 1.52. The first kappa shape index (κ1) is 10.8. The highest BCUT2D eigenvalue weighted by atomic mass is 16.3. The van der Waals surface area contributed by atoms with Crippen molar-refractivity contribution in [3.8, 4) is 11.4 Å². The summed E-state index contributed by atoms with van der Waals surface area (Å²) in [5.41, 5.74) is 1.38. The van der Waals surface area contributed by atoms with Crippen LogP contribution in [-0.4, -0.2) is 25.6 Å². The molecular formula is C13H7N5O2. The van der Waals surface area contributed by atoms with E-state index >= 15 is 0 Å². The molecule has 0 aliphatic heterocycles. The molecule has 3 aromatic heterocycles. The SMILES string of the molecule is O=c1c2cc(-c3nn[nH]n3)ccc2oc2ncccc12. The molecule has 3 heterocycles.